The predicted octanol–water partition coefficient (Wildman–Crippen LogP) is 6.24. The van der Waals surface area contributed by atoms with Gasteiger partial charge in [-0.25, -0.2) is 0 Å². The van der Waals surface area contributed by atoms with E-state index >= 15 is 0 Å². The minimum atomic E-state index is -0.524. The van der Waals surface area contributed by atoms with E-state index in [1.54, 1.807) is 38.5 Å². The quantitative estimate of drug-likeness (QED) is 0.0701. The minimum Gasteiger partial charge on any atom is -0.493 e. The van der Waals surface area contributed by atoms with Crippen molar-refractivity contribution in [3.63, 3.8) is 0 Å². The lowest BCUT2D eigenvalue weighted by atomic mass is 10.0. The van der Waals surface area contributed by atoms with Crippen LogP contribution in [0.3, 0.4) is 0 Å². The maximum Gasteiger partial charge on any atom is 0.293 e. The number of benzene rings is 4. The van der Waals surface area contributed by atoms with Crippen molar-refractivity contribution in [3.05, 3.63) is 116 Å². The van der Waals surface area contributed by atoms with E-state index in [0.717, 1.165) is 43.9 Å². The predicted molar refractivity (Wildman–Crippen MR) is 176 cm³/mol. The number of hydrogen-bond donors (Lipinski definition) is 2. The number of nitro benzene ring substituents is 1. The lowest BCUT2D eigenvalue weighted by molar-refractivity contribution is -0.383. The molecule has 1 amide bonds. The third-order valence-electron chi connectivity index (χ3n) is 7.87. The first kappa shape index (κ1) is 31.2. The first-order valence-electron chi connectivity index (χ1n) is 14.8. The van der Waals surface area contributed by atoms with Gasteiger partial charge in [-0.05, 0) is 85.9 Å². The van der Waals surface area contributed by atoms with Crippen molar-refractivity contribution in [1.29, 1.82) is 0 Å². The SMILES string of the molecule is COc1ccc(CN(C)CCCCc2ccc(NC(=O)Cc3cccc4c(=O)c5cccc([N+](=O)[O-])c5[nH]c34)cc2)cc1OC. The lowest BCUT2D eigenvalue weighted by Crippen LogP contribution is -2.19. The number of ether oxygens (including phenoxy) is 2. The number of carbonyl (C=O) groups is 1. The molecule has 4 aromatic carbocycles. The molecule has 0 bridgehead atoms. The zero-order valence-corrected chi connectivity index (χ0v) is 25.6. The standard InChI is InChI=1S/C35H36N4O6/c1-38(22-24-15-18-30(44-2)31(20-24)45-3)19-5-4-8-23-13-16-26(17-14-23)36-32(40)21-25-9-6-10-27-33(25)37-34-28(35(27)41)11-7-12-29(34)39(42)43/h6-7,9-18,20H,4-5,8,19,21-22H2,1-3H3,(H,36,40)(H,37,41). The maximum absolute atomic E-state index is 13.1. The molecule has 1 aromatic heterocycles. The van der Waals surface area contributed by atoms with Crippen LogP contribution < -0.4 is 20.2 Å². The first-order valence-corrected chi connectivity index (χ1v) is 14.8. The molecule has 45 heavy (non-hydrogen) atoms. The summed E-state index contributed by atoms with van der Waals surface area (Å²) in [6, 6.07) is 23.3. The van der Waals surface area contributed by atoms with Crippen LogP contribution in [0.1, 0.15) is 29.5 Å². The summed E-state index contributed by atoms with van der Waals surface area (Å²) in [4.78, 5) is 42.5. The van der Waals surface area contributed by atoms with Gasteiger partial charge in [0.15, 0.2) is 16.9 Å². The highest BCUT2D eigenvalue weighted by atomic mass is 16.6. The van der Waals surface area contributed by atoms with Gasteiger partial charge in [-0.3, -0.25) is 19.7 Å². The van der Waals surface area contributed by atoms with Gasteiger partial charge in [0.1, 0.15) is 5.52 Å². The average Bonchev–Trinajstić information content (AvgIpc) is 3.04. The van der Waals surface area contributed by atoms with Gasteiger partial charge >= 0.3 is 0 Å². The summed E-state index contributed by atoms with van der Waals surface area (Å²) in [6.45, 7) is 1.78. The van der Waals surface area contributed by atoms with Gasteiger partial charge in [-0.15, -0.1) is 0 Å². The Morgan fingerprint density at radius 1 is 0.889 bits per heavy atom. The number of nitrogens with one attached hydrogen (secondary N) is 2. The zero-order valence-electron chi connectivity index (χ0n) is 25.6. The monoisotopic (exact) mass is 608 g/mol. The van der Waals surface area contributed by atoms with E-state index in [1.807, 2.05) is 36.4 Å². The number of nitro groups is 1. The van der Waals surface area contributed by atoms with Crippen LogP contribution >= 0.6 is 0 Å². The highest BCUT2D eigenvalue weighted by Crippen LogP contribution is 2.28. The summed E-state index contributed by atoms with van der Waals surface area (Å²) in [6.07, 6.45) is 3.02. The molecule has 232 valence electrons. The van der Waals surface area contributed by atoms with Gasteiger partial charge in [0.05, 0.1) is 36.5 Å². The van der Waals surface area contributed by atoms with E-state index in [0.29, 0.717) is 22.2 Å². The van der Waals surface area contributed by atoms with Crippen LogP contribution in [0.4, 0.5) is 11.4 Å². The third-order valence-corrected chi connectivity index (χ3v) is 7.87. The molecule has 5 aromatic rings. The van der Waals surface area contributed by atoms with Crippen LogP contribution in [0.15, 0.2) is 83.7 Å². The van der Waals surface area contributed by atoms with Gasteiger partial charge < -0.3 is 24.7 Å². The minimum absolute atomic E-state index is 0.00199. The van der Waals surface area contributed by atoms with E-state index in [1.165, 1.54) is 23.3 Å². The summed E-state index contributed by atoms with van der Waals surface area (Å²) in [7, 11) is 5.38. The Kier molecular flexibility index (Phi) is 9.74. The molecule has 0 spiro atoms. The van der Waals surface area contributed by atoms with Crippen molar-refractivity contribution < 1.29 is 19.2 Å². The molecule has 10 heteroatoms. The molecule has 0 saturated carbocycles. The second-order valence-corrected chi connectivity index (χ2v) is 11.1. The van der Waals surface area contributed by atoms with E-state index in [-0.39, 0.29) is 34.3 Å². The van der Waals surface area contributed by atoms with E-state index in [4.69, 9.17) is 9.47 Å². The summed E-state index contributed by atoms with van der Waals surface area (Å²) >= 11 is 0. The van der Waals surface area contributed by atoms with Crippen LogP contribution in [0, 0.1) is 10.1 Å². The number of nitrogens with zero attached hydrogens (tertiary/aromatic N) is 2. The number of rotatable bonds is 13. The Morgan fingerprint density at radius 3 is 2.29 bits per heavy atom. The second-order valence-electron chi connectivity index (χ2n) is 11.1. The summed E-state index contributed by atoms with van der Waals surface area (Å²) in [5, 5.41) is 15.1. The average molecular weight is 609 g/mol. The normalized spacial score (nSPS) is 11.2. The molecule has 0 radical (unpaired) electrons. The number of non-ortho nitro benzene ring substituents is 1. The Morgan fingerprint density at radius 2 is 1.58 bits per heavy atom. The molecule has 0 unspecified atom stereocenters. The van der Waals surface area contributed by atoms with Crippen molar-refractivity contribution in [2.75, 3.05) is 33.1 Å². The van der Waals surface area contributed by atoms with Crippen molar-refractivity contribution in [2.45, 2.75) is 32.2 Å². The van der Waals surface area contributed by atoms with Gasteiger partial charge in [-0.1, -0.05) is 36.4 Å². The van der Waals surface area contributed by atoms with Crippen molar-refractivity contribution in [1.82, 2.24) is 9.88 Å². The zero-order chi connectivity index (χ0) is 31.9. The van der Waals surface area contributed by atoms with Gasteiger partial charge in [0, 0.05) is 23.7 Å². The topological polar surface area (TPSA) is 127 Å². The van der Waals surface area contributed by atoms with Crippen molar-refractivity contribution >= 4 is 39.1 Å². The second kappa shape index (κ2) is 14.0. The molecular formula is C35H36N4O6. The van der Waals surface area contributed by atoms with Crippen LogP contribution in [0.25, 0.3) is 21.8 Å². The number of anilines is 1. The number of aromatic amines is 1. The number of hydrogen-bond acceptors (Lipinski definition) is 7. The third kappa shape index (κ3) is 7.30. The number of aromatic nitrogens is 1. The van der Waals surface area contributed by atoms with Gasteiger partial charge in [0.2, 0.25) is 5.91 Å². The van der Waals surface area contributed by atoms with Gasteiger partial charge in [-0.2, -0.15) is 0 Å². The highest BCUT2D eigenvalue weighted by Gasteiger charge is 2.18. The molecule has 0 saturated heterocycles. The fraction of sp³-hybridized carbons (Fsp3) is 0.257. The molecule has 1 heterocycles. The largest absolute Gasteiger partial charge is 0.493 e. The fourth-order valence-corrected chi connectivity index (χ4v) is 5.58. The number of unbranched alkanes of at least 4 members (excludes halogenated alkanes) is 1. The van der Waals surface area contributed by atoms with Crippen LogP contribution in [0.5, 0.6) is 11.5 Å². The molecule has 0 fully saturated rings. The number of pyridine rings is 1. The number of fused-ring (bicyclic) bond motifs is 2. The summed E-state index contributed by atoms with van der Waals surface area (Å²) < 4.78 is 10.7. The van der Waals surface area contributed by atoms with E-state index < -0.39 is 4.92 Å². The fourth-order valence-electron chi connectivity index (χ4n) is 5.58. The van der Waals surface area contributed by atoms with Crippen LogP contribution in [-0.2, 0) is 24.2 Å². The summed E-state index contributed by atoms with van der Waals surface area (Å²) in [5.74, 6) is 1.20. The Hall–Kier alpha value is -5.22. The molecule has 0 aliphatic carbocycles. The number of para-hydroxylation sites is 2. The van der Waals surface area contributed by atoms with Gasteiger partial charge in [0.25, 0.3) is 5.69 Å². The number of H-pyrrole nitrogens is 1. The molecule has 0 atom stereocenters. The molecule has 2 N–H and O–H groups in total. The Balaban J connectivity index is 1.15. The number of amides is 1. The van der Waals surface area contributed by atoms with E-state index in [9.17, 15) is 19.7 Å². The summed E-state index contributed by atoms with van der Waals surface area (Å²) in [5.41, 5.74) is 3.67. The number of aryl methyl sites for hydroxylation is 1. The van der Waals surface area contributed by atoms with Crippen LogP contribution in [-0.4, -0.2) is 48.5 Å². The number of methoxy groups -OCH3 is 2. The smallest absolute Gasteiger partial charge is 0.293 e. The lowest BCUT2D eigenvalue weighted by Gasteiger charge is -2.18. The Bertz CT molecular complexity index is 1900. The Labute approximate surface area is 260 Å². The van der Waals surface area contributed by atoms with Crippen molar-refractivity contribution in [3.8, 4) is 11.5 Å². The highest BCUT2D eigenvalue weighted by molar-refractivity contribution is 6.00. The van der Waals surface area contributed by atoms with Crippen molar-refractivity contribution in [2.24, 2.45) is 0 Å². The van der Waals surface area contributed by atoms with E-state index in [2.05, 4.69) is 28.3 Å². The molecule has 0 aliphatic heterocycles. The molecule has 0 aliphatic rings. The molecule has 10 nitrogen and oxygen atoms in total. The molecular weight excluding hydrogens is 572 g/mol. The molecule has 5 rings (SSSR count). The maximum atomic E-state index is 13.1. The first-order chi connectivity index (χ1) is 21.8. The number of carbonyl (C=O) groups excluding carboxylic acids is 1. The van der Waals surface area contributed by atoms with Crippen LogP contribution in [0.2, 0.25) is 0 Å².